The van der Waals surface area contributed by atoms with Crippen molar-refractivity contribution in [2.45, 2.75) is 50.3 Å². The van der Waals surface area contributed by atoms with Gasteiger partial charge in [0.25, 0.3) is 0 Å². The summed E-state index contributed by atoms with van der Waals surface area (Å²) in [5.74, 6) is 0.270. The zero-order valence-electron chi connectivity index (χ0n) is 11.5. The molecule has 110 valence electrons. The van der Waals surface area contributed by atoms with Crippen LogP contribution in [0.5, 0.6) is 0 Å². The molecule has 2 N–H and O–H groups in total. The van der Waals surface area contributed by atoms with E-state index in [2.05, 4.69) is 10.6 Å². The standard InChI is InChI=1S/C13H24N2O3S/c1-10(11-5-4-7-14-9-11)15-13(16)12-6-2-3-8-19(12,17)18/h10-12,14H,2-9H2,1H3,(H,15,16). The summed E-state index contributed by atoms with van der Waals surface area (Å²) < 4.78 is 23.8. The van der Waals surface area contributed by atoms with Crippen molar-refractivity contribution in [1.29, 1.82) is 0 Å². The minimum atomic E-state index is -3.23. The highest BCUT2D eigenvalue weighted by Crippen LogP contribution is 2.21. The van der Waals surface area contributed by atoms with Crippen LogP contribution in [0.15, 0.2) is 0 Å². The van der Waals surface area contributed by atoms with Crippen LogP contribution < -0.4 is 10.6 Å². The predicted octanol–water partition coefficient (Wildman–Crippen LogP) is 0.458. The molecule has 0 aromatic carbocycles. The Balaban J connectivity index is 1.92. The van der Waals surface area contributed by atoms with Crippen molar-refractivity contribution in [3.8, 4) is 0 Å². The van der Waals surface area contributed by atoms with Crippen LogP contribution in [0.4, 0.5) is 0 Å². The van der Waals surface area contributed by atoms with Crippen LogP contribution in [0, 0.1) is 5.92 Å². The van der Waals surface area contributed by atoms with Gasteiger partial charge >= 0.3 is 0 Å². The Morgan fingerprint density at radius 1 is 1.26 bits per heavy atom. The van der Waals surface area contributed by atoms with Gasteiger partial charge in [0.05, 0.1) is 5.75 Å². The van der Waals surface area contributed by atoms with E-state index in [1.54, 1.807) is 0 Å². The van der Waals surface area contributed by atoms with Crippen LogP contribution >= 0.6 is 0 Å². The molecular weight excluding hydrogens is 264 g/mol. The minimum Gasteiger partial charge on any atom is -0.352 e. The van der Waals surface area contributed by atoms with Crippen LogP contribution in [-0.4, -0.2) is 44.5 Å². The summed E-state index contributed by atoms with van der Waals surface area (Å²) in [6.45, 7) is 3.91. The third-order valence-electron chi connectivity index (χ3n) is 4.28. The number of carbonyl (C=O) groups is 1. The smallest absolute Gasteiger partial charge is 0.238 e. The van der Waals surface area contributed by atoms with E-state index in [4.69, 9.17) is 0 Å². The maximum Gasteiger partial charge on any atom is 0.238 e. The fourth-order valence-corrected chi connectivity index (χ4v) is 4.80. The molecule has 0 spiro atoms. The van der Waals surface area contributed by atoms with Crippen molar-refractivity contribution >= 4 is 15.7 Å². The van der Waals surface area contributed by atoms with Crippen LogP contribution in [-0.2, 0) is 14.6 Å². The lowest BCUT2D eigenvalue weighted by Gasteiger charge is -2.30. The van der Waals surface area contributed by atoms with E-state index in [1.807, 2.05) is 6.92 Å². The van der Waals surface area contributed by atoms with Gasteiger partial charge in [-0.15, -0.1) is 0 Å². The van der Waals surface area contributed by atoms with E-state index >= 15 is 0 Å². The predicted molar refractivity (Wildman–Crippen MR) is 74.6 cm³/mol. The Morgan fingerprint density at radius 3 is 2.68 bits per heavy atom. The average molecular weight is 288 g/mol. The second kappa shape index (κ2) is 6.22. The van der Waals surface area contributed by atoms with Crippen LogP contribution in [0.2, 0.25) is 0 Å². The summed E-state index contributed by atoms with van der Waals surface area (Å²) in [6.07, 6.45) is 4.20. The van der Waals surface area contributed by atoms with E-state index < -0.39 is 15.1 Å². The Morgan fingerprint density at radius 2 is 2.05 bits per heavy atom. The second-order valence-corrected chi connectivity index (χ2v) is 8.06. The topological polar surface area (TPSA) is 75.3 Å². The summed E-state index contributed by atoms with van der Waals surface area (Å²) in [4.78, 5) is 12.2. The highest BCUT2D eigenvalue weighted by atomic mass is 32.2. The molecule has 2 aliphatic heterocycles. The summed E-state index contributed by atoms with van der Waals surface area (Å²) >= 11 is 0. The van der Waals surface area contributed by atoms with E-state index in [9.17, 15) is 13.2 Å². The third kappa shape index (κ3) is 3.69. The van der Waals surface area contributed by atoms with Gasteiger partial charge in [-0.25, -0.2) is 8.42 Å². The lowest BCUT2D eigenvalue weighted by Crippen LogP contribution is -2.50. The van der Waals surface area contributed by atoms with Crippen LogP contribution in [0.1, 0.15) is 39.0 Å². The molecule has 2 fully saturated rings. The molecule has 0 aromatic rings. The molecule has 1 amide bonds. The summed E-state index contributed by atoms with van der Waals surface area (Å²) in [5, 5.41) is 5.41. The van der Waals surface area contributed by atoms with Crippen molar-refractivity contribution in [1.82, 2.24) is 10.6 Å². The van der Waals surface area contributed by atoms with Gasteiger partial charge in [0.1, 0.15) is 5.25 Å². The number of carbonyl (C=O) groups excluding carboxylic acids is 1. The first kappa shape index (κ1) is 14.8. The summed E-state index contributed by atoms with van der Waals surface area (Å²) in [7, 11) is -3.23. The number of hydrogen-bond acceptors (Lipinski definition) is 4. The molecule has 2 aliphatic rings. The van der Waals surface area contributed by atoms with Crippen molar-refractivity contribution in [2.75, 3.05) is 18.8 Å². The molecule has 3 atom stereocenters. The molecule has 2 saturated heterocycles. The molecule has 19 heavy (non-hydrogen) atoms. The number of nitrogens with one attached hydrogen (secondary N) is 2. The van der Waals surface area contributed by atoms with Crippen molar-refractivity contribution in [3.63, 3.8) is 0 Å². The van der Waals surface area contributed by atoms with Gasteiger partial charge in [-0.05, 0) is 51.6 Å². The highest BCUT2D eigenvalue weighted by molar-refractivity contribution is 7.92. The lowest BCUT2D eigenvalue weighted by molar-refractivity contribution is -0.121. The Kier molecular flexibility index (Phi) is 4.84. The van der Waals surface area contributed by atoms with Crippen molar-refractivity contribution in [3.05, 3.63) is 0 Å². The average Bonchev–Trinajstić information content (AvgIpc) is 2.39. The molecular formula is C13H24N2O3S. The van der Waals surface area contributed by atoms with Gasteiger partial charge < -0.3 is 10.6 Å². The van der Waals surface area contributed by atoms with Crippen LogP contribution in [0.3, 0.4) is 0 Å². The number of piperidine rings is 1. The molecule has 2 heterocycles. The van der Waals surface area contributed by atoms with Crippen molar-refractivity contribution < 1.29 is 13.2 Å². The molecule has 0 bridgehead atoms. The zero-order valence-corrected chi connectivity index (χ0v) is 12.3. The Labute approximate surface area is 115 Å². The van der Waals surface area contributed by atoms with E-state index in [1.165, 1.54) is 0 Å². The normalized spacial score (nSPS) is 32.5. The first-order chi connectivity index (χ1) is 9.00. The number of amides is 1. The largest absolute Gasteiger partial charge is 0.352 e. The Hall–Kier alpha value is -0.620. The number of hydrogen-bond donors (Lipinski definition) is 2. The fourth-order valence-electron chi connectivity index (χ4n) is 2.99. The molecule has 0 aromatic heterocycles. The monoisotopic (exact) mass is 288 g/mol. The lowest BCUT2D eigenvalue weighted by atomic mass is 9.92. The van der Waals surface area contributed by atoms with Gasteiger partial charge in [-0.2, -0.15) is 0 Å². The van der Waals surface area contributed by atoms with Gasteiger partial charge in [0, 0.05) is 6.04 Å². The number of sulfone groups is 1. The SMILES string of the molecule is CC(NC(=O)C1CCCCS1(=O)=O)C1CCCNC1. The third-order valence-corrected chi connectivity index (χ3v) is 6.46. The molecule has 0 saturated carbocycles. The summed E-state index contributed by atoms with van der Waals surface area (Å²) in [5.41, 5.74) is 0. The molecule has 3 unspecified atom stereocenters. The maximum absolute atomic E-state index is 12.2. The first-order valence-electron chi connectivity index (χ1n) is 7.23. The van der Waals surface area contributed by atoms with E-state index in [-0.39, 0.29) is 17.7 Å². The zero-order chi connectivity index (χ0) is 13.9. The quantitative estimate of drug-likeness (QED) is 0.791. The van der Waals surface area contributed by atoms with E-state index in [0.717, 1.165) is 32.4 Å². The summed E-state index contributed by atoms with van der Waals surface area (Å²) in [6, 6.07) is 0.0393. The van der Waals surface area contributed by atoms with Gasteiger partial charge in [0.2, 0.25) is 5.91 Å². The van der Waals surface area contributed by atoms with Gasteiger partial charge in [-0.3, -0.25) is 4.79 Å². The molecule has 2 rings (SSSR count). The minimum absolute atomic E-state index is 0.0393. The first-order valence-corrected chi connectivity index (χ1v) is 8.95. The molecule has 6 heteroatoms. The Bertz CT molecular complexity index is 416. The fraction of sp³-hybridized carbons (Fsp3) is 0.923. The number of rotatable bonds is 3. The highest BCUT2D eigenvalue weighted by Gasteiger charge is 2.36. The van der Waals surface area contributed by atoms with Gasteiger partial charge in [0.15, 0.2) is 9.84 Å². The van der Waals surface area contributed by atoms with Crippen LogP contribution in [0.25, 0.3) is 0 Å². The van der Waals surface area contributed by atoms with Crippen molar-refractivity contribution in [2.24, 2.45) is 5.92 Å². The van der Waals surface area contributed by atoms with Gasteiger partial charge in [-0.1, -0.05) is 6.42 Å². The maximum atomic E-state index is 12.2. The molecule has 0 aliphatic carbocycles. The second-order valence-electron chi connectivity index (χ2n) is 5.76. The van der Waals surface area contributed by atoms with E-state index in [0.29, 0.717) is 18.8 Å². The molecule has 0 radical (unpaired) electrons. The molecule has 5 nitrogen and oxygen atoms in total.